The monoisotopic (exact) mass is 249 g/mol. The highest BCUT2D eigenvalue weighted by atomic mass is 16.5. The molecule has 1 atom stereocenters. The first-order valence-corrected chi connectivity index (χ1v) is 6.43. The molecule has 1 aliphatic heterocycles. The van der Waals surface area contributed by atoms with Gasteiger partial charge in [-0.15, -0.1) is 0 Å². The standard InChI is InChI=1S/C14H19NO3/c1-2-17-13-8-4-3-7-12(13)14(16)15-10-11-6-5-9-18-11/h3-4,7-8,11H,2,5-6,9-10H2,1H3,(H,15,16). The molecule has 1 aromatic carbocycles. The van der Waals surface area contributed by atoms with Gasteiger partial charge in [-0.2, -0.15) is 0 Å². The van der Waals surface area contributed by atoms with E-state index in [0.29, 0.717) is 24.5 Å². The highest BCUT2D eigenvalue weighted by Crippen LogP contribution is 2.18. The largest absolute Gasteiger partial charge is 0.493 e. The maximum Gasteiger partial charge on any atom is 0.255 e. The Balaban J connectivity index is 1.94. The van der Waals surface area contributed by atoms with Crippen molar-refractivity contribution < 1.29 is 14.3 Å². The molecule has 1 saturated heterocycles. The maximum atomic E-state index is 12.1. The second-order valence-corrected chi connectivity index (χ2v) is 4.27. The van der Waals surface area contributed by atoms with Gasteiger partial charge in [0.2, 0.25) is 0 Å². The second-order valence-electron chi connectivity index (χ2n) is 4.27. The number of carbonyl (C=O) groups is 1. The van der Waals surface area contributed by atoms with Crippen molar-refractivity contribution in [2.75, 3.05) is 19.8 Å². The molecule has 0 spiro atoms. The minimum absolute atomic E-state index is 0.102. The van der Waals surface area contributed by atoms with Gasteiger partial charge in [0, 0.05) is 13.2 Å². The van der Waals surface area contributed by atoms with Crippen molar-refractivity contribution in [3.63, 3.8) is 0 Å². The summed E-state index contributed by atoms with van der Waals surface area (Å²) >= 11 is 0. The van der Waals surface area contributed by atoms with Crippen molar-refractivity contribution in [3.05, 3.63) is 29.8 Å². The van der Waals surface area contributed by atoms with Crippen LogP contribution in [0.4, 0.5) is 0 Å². The SMILES string of the molecule is CCOc1ccccc1C(=O)NCC1CCCO1. The van der Waals surface area contributed by atoms with Gasteiger partial charge in [-0.3, -0.25) is 4.79 Å². The van der Waals surface area contributed by atoms with Crippen LogP contribution >= 0.6 is 0 Å². The molecule has 1 aromatic rings. The van der Waals surface area contributed by atoms with Gasteiger partial charge in [0.05, 0.1) is 18.3 Å². The highest BCUT2D eigenvalue weighted by Gasteiger charge is 2.18. The molecule has 1 fully saturated rings. The Morgan fingerprint density at radius 3 is 3.06 bits per heavy atom. The molecule has 2 rings (SSSR count). The Morgan fingerprint density at radius 2 is 2.33 bits per heavy atom. The summed E-state index contributed by atoms with van der Waals surface area (Å²) < 4.78 is 10.9. The van der Waals surface area contributed by atoms with Gasteiger partial charge in [-0.05, 0) is 31.9 Å². The van der Waals surface area contributed by atoms with Gasteiger partial charge in [-0.25, -0.2) is 0 Å². The number of nitrogens with one attached hydrogen (secondary N) is 1. The van der Waals surface area contributed by atoms with Crippen molar-refractivity contribution in [2.45, 2.75) is 25.9 Å². The summed E-state index contributed by atoms with van der Waals surface area (Å²) in [5, 5.41) is 2.90. The second kappa shape index (κ2) is 6.40. The first kappa shape index (κ1) is 12.9. The molecule has 18 heavy (non-hydrogen) atoms. The summed E-state index contributed by atoms with van der Waals surface area (Å²) in [5.74, 6) is 0.527. The summed E-state index contributed by atoms with van der Waals surface area (Å²) in [6.45, 7) is 3.83. The molecule has 0 bridgehead atoms. The smallest absolute Gasteiger partial charge is 0.255 e. The molecule has 4 nitrogen and oxygen atoms in total. The Labute approximate surface area is 107 Å². The molecule has 1 N–H and O–H groups in total. The van der Waals surface area contributed by atoms with E-state index >= 15 is 0 Å². The van der Waals surface area contributed by atoms with E-state index in [1.807, 2.05) is 25.1 Å². The molecule has 0 radical (unpaired) electrons. The van der Waals surface area contributed by atoms with Crippen LogP contribution in [0.2, 0.25) is 0 Å². The third-order valence-corrected chi connectivity index (χ3v) is 2.95. The Bertz CT molecular complexity index is 400. The lowest BCUT2D eigenvalue weighted by Gasteiger charge is -2.13. The van der Waals surface area contributed by atoms with Gasteiger partial charge in [0.25, 0.3) is 5.91 Å². The minimum Gasteiger partial charge on any atom is -0.493 e. The van der Waals surface area contributed by atoms with Crippen molar-refractivity contribution >= 4 is 5.91 Å². The van der Waals surface area contributed by atoms with E-state index in [1.54, 1.807) is 6.07 Å². The summed E-state index contributed by atoms with van der Waals surface area (Å²) in [6.07, 6.45) is 2.26. The number of amides is 1. The quantitative estimate of drug-likeness (QED) is 0.868. The molecule has 1 amide bonds. The molecular weight excluding hydrogens is 230 g/mol. The zero-order valence-corrected chi connectivity index (χ0v) is 10.6. The fourth-order valence-corrected chi connectivity index (χ4v) is 2.04. The van der Waals surface area contributed by atoms with E-state index < -0.39 is 0 Å². The first-order valence-electron chi connectivity index (χ1n) is 6.43. The Hall–Kier alpha value is -1.55. The number of benzene rings is 1. The highest BCUT2D eigenvalue weighted by molar-refractivity contribution is 5.96. The van der Waals surface area contributed by atoms with Crippen molar-refractivity contribution in [3.8, 4) is 5.75 Å². The fourth-order valence-electron chi connectivity index (χ4n) is 2.04. The predicted octanol–water partition coefficient (Wildman–Crippen LogP) is 1.99. The van der Waals surface area contributed by atoms with Crippen LogP contribution in [0.1, 0.15) is 30.1 Å². The molecular formula is C14H19NO3. The maximum absolute atomic E-state index is 12.1. The van der Waals surface area contributed by atoms with E-state index in [4.69, 9.17) is 9.47 Å². The van der Waals surface area contributed by atoms with Crippen LogP contribution in [-0.2, 0) is 4.74 Å². The number of ether oxygens (including phenoxy) is 2. The number of hydrogen-bond acceptors (Lipinski definition) is 3. The van der Waals surface area contributed by atoms with Gasteiger partial charge < -0.3 is 14.8 Å². The zero-order chi connectivity index (χ0) is 12.8. The summed E-state index contributed by atoms with van der Waals surface area (Å²) in [4.78, 5) is 12.1. The lowest BCUT2D eigenvalue weighted by molar-refractivity contribution is 0.0854. The van der Waals surface area contributed by atoms with Crippen LogP contribution < -0.4 is 10.1 Å². The van der Waals surface area contributed by atoms with Crippen molar-refractivity contribution in [1.29, 1.82) is 0 Å². The molecule has 98 valence electrons. The van der Waals surface area contributed by atoms with Crippen LogP contribution in [0.5, 0.6) is 5.75 Å². The van der Waals surface area contributed by atoms with Crippen molar-refractivity contribution in [1.82, 2.24) is 5.32 Å². The molecule has 0 saturated carbocycles. The van der Waals surface area contributed by atoms with E-state index in [2.05, 4.69) is 5.32 Å². The van der Waals surface area contributed by atoms with Gasteiger partial charge in [0.15, 0.2) is 0 Å². The number of carbonyl (C=O) groups excluding carboxylic acids is 1. The van der Waals surface area contributed by atoms with Gasteiger partial charge in [-0.1, -0.05) is 12.1 Å². The average Bonchev–Trinajstić information content (AvgIpc) is 2.90. The first-order chi connectivity index (χ1) is 8.81. The summed E-state index contributed by atoms with van der Waals surface area (Å²) in [5.41, 5.74) is 0.581. The third kappa shape index (κ3) is 3.23. The van der Waals surface area contributed by atoms with Gasteiger partial charge >= 0.3 is 0 Å². The normalized spacial score (nSPS) is 18.6. The van der Waals surface area contributed by atoms with E-state index in [0.717, 1.165) is 19.4 Å². The molecule has 1 unspecified atom stereocenters. The van der Waals surface area contributed by atoms with Gasteiger partial charge in [0.1, 0.15) is 5.75 Å². The topological polar surface area (TPSA) is 47.6 Å². The minimum atomic E-state index is -0.102. The third-order valence-electron chi connectivity index (χ3n) is 2.95. The predicted molar refractivity (Wildman–Crippen MR) is 68.9 cm³/mol. The molecule has 1 aliphatic rings. The molecule has 0 aliphatic carbocycles. The summed E-state index contributed by atoms with van der Waals surface area (Å²) in [6, 6.07) is 7.28. The Kier molecular flexibility index (Phi) is 4.59. The average molecular weight is 249 g/mol. The molecule has 0 aromatic heterocycles. The number of para-hydroxylation sites is 1. The summed E-state index contributed by atoms with van der Waals surface area (Å²) in [7, 11) is 0. The van der Waals surface area contributed by atoms with Crippen LogP contribution in [0.3, 0.4) is 0 Å². The van der Waals surface area contributed by atoms with Crippen LogP contribution in [-0.4, -0.2) is 31.8 Å². The Morgan fingerprint density at radius 1 is 1.50 bits per heavy atom. The van der Waals surface area contributed by atoms with E-state index in [9.17, 15) is 4.79 Å². The van der Waals surface area contributed by atoms with Crippen LogP contribution in [0, 0.1) is 0 Å². The van der Waals surface area contributed by atoms with Crippen LogP contribution in [0.15, 0.2) is 24.3 Å². The van der Waals surface area contributed by atoms with Crippen LogP contribution in [0.25, 0.3) is 0 Å². The number of hydrogen-bond donors (Lipinski definition) is 1. The van der Waals surface area contributed by atoms with Crippen molar-refractivity contribution in [2.24, 2.45) is 0 Å². The fraction of sp³-hybridized carbons (Fsp3) is 0.500. The lowest BCUT2D eigenvalue weighted by atomic mass is 10.1. The van der Waals surface area contributed by atoms with E-state index in [-0.39, 0.29) is 12.0 Å². The zero-order valence-electron chi connectivity index (χ0n) is 10.6. The lowest BCUT2D eigenvalue weighted by Crippen LogP contribution is -2.32. The van der Waals surface area contributed by atoms with E-state index in [1.165, 1.54) is 0 Å². The molecule has 1 heterocycles. The molecule has 4 heteroatoms. The number of rotatable bonds is 5.